The molecule has 0 radical (unpaired) electrons. The van der Waals surface area contributed by atoms with Crippen LogP contribution in [0.2, 0.25) is 0 Å². The largest absolute Gasteiger partial charge is 0.342 e. The molecular formula is C17H18FN3O. The summed E-state index contributed by atoms with van der Waals surface area (Å²) in [5, 5.41) is 0. The summed E-state index contributed by atoms with van der Waals surface area (Å²) in [5.41, 5.74) is 1.82. The van der Waals surface area contributed by atoms with Crippen LogP contribution in [0.3, 0.4) is 0 Å². The van der Waals surface area contributed by atoms with Gasteiger partial charge in [-0.1, -0.05) is 12.1 Å². The Morgan fingerprint density at radius 2 is 2.14 bits per heavy atom. The van der Waals surface area contributed by atoms with Gasteiger partial charge in [-0.3, -0.25) is 9.78 Å². The summed E-state index contributed by atoms with van der Waals surface area (Å²) in [4.78, 5) is 22.2. The Hall–Kier alpha value is -2.30. The molecule has 4 nitrogen and oxygen atoms in total. The van der Waals surface area contributed by atoms with E-state index < -0.39 is 0 Å². The summed E-state index contributed by atoms with van der Waals surface area (Å²) in [7, 11) is 0. The van der Waals surface area contributed by atoms with Crippen molar-refractivity contribution in [1.82, 2.24) is 14.9 Å². The minimum atomic E-state index is -0.303. The molecule has 3 rings (SSSR count). The predicted molar refractivity (Wildman–Crippen MR) is 81.7 cm³/mol. The number of carbonyl (C=O) groups is 1. The number of nitrogens with zero attached hydrogens (tertiary/aromatic N) is 3. The number of piperidine rings is 1. The number of aromatic nitrogens is 2. The van der Waals surface area contributed by atoms with Crippen LogP contribution in [-0.4, -0.2) is 33.9 Å². The molecule has 1 aromatic carbocycles. The van der Waals surface area contributed by atoms with Crippen molar-refractivity contribution >= 4 is 5.91 Å². The van der Waals surface area contributed by atoms with Crippen LogP contribution >= 0.6 is 0 Å². The minimum absolute atomic E-state index is 0.0860. The Morgan fingerprint density at radius 3 is 2.91 bits per heavy atom. The molecule has 2 heterocycles. The summed E-state index contributed by atoms with van der Waals surface area (Å²) >= 11 is 0. The first-order valence-electron chi connectivity index (χ1n) is 7.47. The summed E-state index contributed by atoms with van der Waals surface area (Å²) in [6.07, 6.45) is 5.22. The Morgan fingerprint density at radius 1 is 1.32 bits per heavy atom. The summed E-state index contributed by atoms with van der Waals surface area (Å²) in [6, 6.07) is 6.56. The lowest BCUT2D eigenvalue weighted by molar-refractivity contribution is -0.130. The first-order chi connectivity index (χ1) is 10.6. The monoisotopic (exact) mass is 299 g/mol. The molecule has 5 heteroatoms. The van der Waals surface area contributed by atoms with Crippen LogP contribution in [0.15, 0.2) is 36.7 Å². The average molecular weight is 299 g/mol. The van der Waals surface area contributed by atoms with Gasteiger partial charge in [0.25, 0.3) is 0 Å². The number of hydrogen-bond donors (Lipinski definition) is 0. The lowest BCUT2D eigenvalue weighted by Crippen LogP contribution is -2.37. The molecule has 1 saturated heterocycles. The third-order valence-electron chi connectivity index (χ3n) is 4.09. The Labute approximate surface area is 129 Å². The van der Waals surface area contributed by atoms with Crippen LogP contribution in [0.4, 0.5) is 4.39 Å². The van der Waals surface area contributed by atoms with E-state index in [0.717, 1.165) is 25.1 Å². The van der Waals surface area contributed by atoms with E-state index in [1.807, 2.05) is 4.90 Å². The van der Waals surface area contributed by atoms with Crippen molar-refractivity contribution in [2.24, 2.45) is 0 Å². The van der Waals surface area contributed by atoms with Gasteiger partial charge in [-0.25, -0.2) is 9.37 Å². The van der Waals surface area contributed by atoms with E-state index >= 15 is 0 Å². The summed E-state index contributed by atoms with van der Waals surface area (Å²) in [5.74, 6) is -0.0530. The summed E-state index contributed by atoms with van der Waals surface area (Å²) < 4.78 is 13.9. The second-order valence-electron chi connectivity index (χ2n) is 5.61. The van der Waals surface area contributed by atoms with Crippen molar-refractivity contribution in [2.75, 3.05) is 13.1 Å². The molecule has 0 aliphatic carbocycles. The molecule has 1 aliphatic heterocycles. The Balaban J connectivity index is 1.88. The van der Waals surface area contributed by atoms with Gasteiger partial charge < -0.3 is 4.90 Å². The third kappa shape index (κ3) is 2.98. The maximum Gasteiger partial charge on any atom is 0.219 e. The van der Waals surface area contributed by atoms with E-state index in [2.05, 4.69) is 9.97 Å². The highest BCUT2D eigenvalue weighted by atomic mass is 19.1. The molecule has 2 aromatic rings. The van der Waals surface area contributed by atoms with Crippen LogP contribution in [0, 0.1) is 5.82 Å². The molecule has 22 heavy (non-hydrogen) atoms. The highest BCUT2D eigenvalue weighted by molar-refractivity contribution is 5.73. The van der Waals surface area contributed by atoms with Crippen molar-refractivity contribution in [2.45, 2.75) is 25.7 Å². The topological polar surface area (TPSA) is 46.1 Å². The van der Waals surface area contributed by atoms with Crippen LogP contribution < -0.4 is 0 Å². The van der Waals surface area contributed by atoms with Gasteiger partial charge in [0.15, 0.2) is 0 Å². The van der Waals surface area contributed by atoms with Crippen LogP contribution in [0.25, 0.3) is 11.3 Å². The van der Waals surface area contributed by atoms with E-state index in [1.54, 1.807) is 37.5 Å². The maximum atomic E-state index is 13.9. The second kappa shape index (κ2) is 6.22. The van der Waals surface area contributed by atoms with Crippen molar-refractivity contribution in [3.05, 3.63) is 48.2 Å². The fraction of sp³-hybridized carbons (Fsp3) is 0.353. The number of amides is 1. The van der Waals surface area contributed by atoms with Crippen molar-refractivity contribution < 1.29 is 9.18 Å². The van der Waals surface area contributed by atoms with Crippen molar-refractivity contribution in [3.8, 4) is 11.3 Å². The number of benzene rings is 1. The molecule has 1 atom stereocenters. The molecular weight excluding hydrogens is 281 g/mol. The minimum Gasteiger partial charge on any atom is -0.342 e. The molecule has 0 bridgehead atoms. The zero-order valence-electron chi connectivity index (χ0n) is 12.5. The average Bonchev–Trinajstić information content (AvgIpc) is 2.55. The van der Waals surface area contributed by atoms with Gasteiger partial charge >= 0.3 is 0 Å². The highest BCUT2D eigenvalue weighted by Crippen LogP contribution is 2.27. The smallest absolute Gasteiger partial charge is 0.219 e. The van der Waals surface area contributed by atoms with Crippen molar-refractivity contribution in [1.29, 1.82) is 0 Å². The van der Waals surface area contributed by atoms with Crippen molar-refractivity contribution in [3.63, 3.8) is 0 Å². The van der Waals surface area contributed by atoms with Crippen LogP contribution in [0.1, 0.15) is 31.4 Å². The molecule has 1 amide bonds. The number of carbonyl (C=O) groups excluding carboxylic acids is 1. The van der Waals surface area contributed by atoms with Gasteiger partial charge in [0.2, 0.25) is 5.91 Å². The van der Waals surface area contributed by atoms with Gasteiger partial charge in [0.05, 0.1) is 17.6 Å². The van der Waals surface area contributed by atoms with Gasteiger partial charge in [-0.15, -0.1) is 0 Å². The molecule has 1 fully saturated rings. The van der Waals surface area contributed by atoms with Gasteiger partial charge in [-0.05, 0) is 25.0 Å². The van der Waals surface area contributed by atoms with Gasteiger partial charge in [0.1, 0.15) is 5.82 Å². The summed E-state index contributed by atoms with van der Waals surface area (Å²) in [6.45, 7) is 3.04. The predicted octanol–water partition coefficient (Wildman–Crippen LogP) is 3.01. The van der Waals surface area contributed by atoms with Gasteiger partial charge in [-0.2, -0.15) is 0 Å². The number of hydrogen-bond acceptors (Lipinski definition) is 3. The second-order valence-corrected chi connectivity index (χ2v) is 5.61. The number of halogens is 1. The quantitative estimate of drug-likeness (QED) is 0.856. The molecule has 114 valence electrons. The third-order valence-corrected chi connectivity index (χ3v) is 4.09. The fourth-order valence-corrected chi connectivity index (χ4v) is 2.88. The van der Waals surface area contributed by atoms with Crippen LogP contribution in [0.5, 0.6) is 0 Å². The van der Waals surface area contributed by atoms with Crippen LogP contribution in [-0.2, 0) is 4.79 Å². The SMILES string of the molecule is CC(=O)N1CCC[C@H](c2cncc(-c3ccccc3F)n2)C1. The fourth-order valence-electron chi connectivity index (χ4n) is 2.88. The lowest BCUT2D eigenvalue weighted by atomic mass is 9.95. The standard InChI is InChI=1S/C17H18FN3O/c1-12(22)21-8-4-5-13(11-21)16-9-19-10-17(20-16)14-6-2-3-7-15(14)18/h2-3,6-7,9-10,13H,4-5,8,11H2,1H3/t13-/m0/s1. The molecule has 0 N–H and O–H groups in total. The Kier molecular flexibility index (Phi) is 4.13. The lowest BCUT2D eigenvalue weighted by Gasteiger charge is -2.31. The zero-order chi connectivity index (χ0) is 15.5. The molecule has 0 saturated carbocycles. The van der Waals surface area contributed by atoms with E-state index in [1.165, 1.54) is 6.07 Å². The number of likely N-dealkylation sites (tertiary alicyclic amines) is 1. The Bertz CT molecular complexity index is 689. The first kappa shape index (κ1) is 14.6. The molecule has 0 spiro atoms. The molecule has 1 aliphatic rings. The number of rotatable bonds is 2. The molecule has 1 aromatic heterocycles. The van der Waals surface area contributed by atoms with Gasteiger partial charge in [0, 0.05) is 37.7 Å². The maximum absolute atomic E-state index is 13.9. The van der Waals surface area contributed by atoms with E-state index in [4.69, 9.17) is 0 Å². The van der Waals surface area contributed by atoms with E-state index in [0.29, 0.717) is 17.8 Å². The first-order valence-corrected chi connectivity index (χ1v) is 7.47. The normalized spacial score (nSPS) is 18.3. The zero-order valence-corrected chi connectivity index (χ0v) is 12.5. The van der Waals surface area contributed by atoms with E-state index in [-0.39, 0.29) is 17.6 Å². The highest BCUT2D eigenvalue weighted by Gasteiger charge is 2.24. The molecule has 0 unspecified atom stereocenters. The van der Waals surface area contributed by atoms with E-state index in [9.17, 15) is 9.18 Å².